The first-order chi connectivity index (χ1) is 9.36. The molecule has 1 atom stereocenters. The Bertz CT molecular complexity index is 395. The summed E-state index contributed by atoms with van der Waals surface area (Å²) in [5, 5.41) is 3.14. The molecule has 1 aromatic rings. The van der Waals surface area contributed by atoms with Gasteiger partial charge in [-0.25, -0.2) is 0 Å². The van der Waals surface area contributed by atoms with Crippen LogP contribution >= 0.6 is 0 Å². The first-order valence-electron chi connectivity index (χ1n) is 7.83. The van der Waals surface area contributed by atoms with Crippen molar-refractivity contribution in [3.8, 4) is 0 Å². The third kappa shape index (κ3) is 3.03. The molecule has 0 amide bonds. The minimum atomic E-state index is 0.820. The summed E-state index contributed by atoms with van der Waals surface area (Å²) in [4.78, 5) is 2.66. The SMILES string of the molecule is CNCc1ccc(CN2CCCC2C2CCCC2)o1. The quantitative estimate of drug-likeness (QED) is 0.883. The highest BCUT2D eigenvalue weighted by Gasteiger charge is 2.33. The summed E-state index contributed by atoms with van der Waals surface area (Å²) in [5.74, 6) is 3.14. The fraction of sp³-hybridized carbons (Fsp3) is 0.750. The van der Waals surface area contributed by atoms with Crippen molar-refractivity contribution >= 4 is 0 Å². The van der Waals surface area contributed by atoms with Crippen LogP contribution in [0.4, 0.5) is 0 Å². The Morgan fingerprint density at radius 1 is 1.16 bits per heavy atom. The lowest BCUT2D eigenvalue weighted by atomic mass is 9.96. The Kier molecular flexibility index (Phi) is 4.24. The van der Waals surface area contributed by atoms with E-state index in [4.69, 9.17) is 4.42 Å². The second kappa shape index (κ2) is 6.10. The first-order valence-corrected chi connectivity index (χ1v) is 7.83. The van der Waals surface area contributed by atoms with Gasteiger partial charge in [0.05, 0.1) is 13.1 Å². The standard InChI is InChI=1S/C16H26N2O/c1-17-11-14-8-9-15(19-14)12-18-10-4-7-16(18)13-5-2-3-6-13/h8-9,13,16-17H,2-7,10-12H2,1H3. The molecule has 0 aromatic carbocycles. The van der Waals surface area contributed by atoms with Crippen molar-refractivity contribution in [1.29, 1.82) is 0 Å². The minimum Gasteiger partial charge on any atom is -0.463 e. The predicted octanol–water partition coefficient (Wildman–Crippen LogP) is 3.15. The number of rotatable bonds is 5. The topological polar surface area (TPSA) is 28.4 Å². The molecule has 1 unspecified atom stereocenters. The highest BCUT2D eigenvalue weighted by molar-refractivity contribution is 5.07. The van der Waals surface area contributed by atoms with Gasteiger partial charge in [-0.15, -0.1) is 0 Å². The van der Waals surface area contributed by atoms with Crippen molar-refractivity contribution < 1.29 is 4.42 Å². The second-order valence-corrected chi connectivity index (χ2v) is 6.12. The highest BCUT2D eigenvalue weighted by Crippen LogP contribution is 2.36. The van der Waals surface area contributed by atoms with Gasteiger partial charge in [0.15, 0.2) is 0 Å². The van der Waals surface area contributed by atoms with Gasteiger partial charge in [-0.1, -0.05) is 12.8 Å². The van der Waals surface area contributed by atoms with Crippen molar-refractivity contribution in [2.24, 2.45) is 5.92 Å². The van der Waals surface area contributed by atoms with Crippen molar-refractivity contribution in [2.45, 2.75) is 57.7 Å². The summed E-state index contributed by atoms with van der Waals surface area (Å²) in [7, 11) is 1.96. The van der Waals surface area contributed by atoms with E-state index in [1.54, 1.807) is 0 Å². The summed E-state index contributed by atoms with van der Waals surface area (Å²) in [6.07, 6.45) is 8.55. The van der Waals surface area contributed by atoms with E-state index in [1.807, 2.05) is 7.05 Å². The van der Waals surface area contributed by atoms with E-state index in [2.05, 4.69) is 22.3 Å². The molecule has 1 aliphatic heterocycles. The van der Waals surface area contributed by atoms with Crippen LogP contribution in [0.15, 0.2) is 16.5 Å². The molecule has 1 aliphatic carbocycles. The van der Waals surface area contributed by atoms with E-state index in [-0.39, 0.29) is 0 Å². The van der Waals surface area contributed by atoms with Crippen LogP contribution in [0.3, 0.4) is 0 Å². The average molecular weight is 262 g/mol. The number of nitrogens with zero attached hydrogens (tertiary/aromatic N) is 1. The molecule has 106 valence electrons. The fourth-order valence-electron chi connectivity index (χ4n) is 3.90. The zero-order valence-corrected chi connectivity index (χ0v) is 12.0. The smallest absolute Gasteiger partial charge is 0.118 e. The Morgan fingerprint density at radius 2 is 1.95 bits per heavy atom. The average Bonchev–Trinajstić information content (AvgIpc) is 3.11. The van der Waals surface area contributed by atoms with Crippen LogP contribution in [0.2, 0.25) is 0 Å². The van der Waals surface area contributed by atoms with Crippen LogP contribution in [0.1, 0.15) is 50.0 Å². The zero-order valence-electron chi connectivity index (χ0n) is 12.0. The van der Waals surface area contributed by atoms with E-state index in [9.17, 15) is 0 Å². The van der Waals surface area contributed by atoms with Crippen LogP contribution in [0.5, 0.6) is 0 Å². The van der Waals surface area contributed by atoms with E-state index in [0.29, 0.717) is 0 Å². The third-order valence-electron chi connectivity index (χ3n) is 4.79. The molecule has 2 fully saturated rings. The van der Waals surface area contributed by atoms with Gasteiger partial charge >= 0.3 is 0 Å². The summed E-state index contributed by atoms with van der Waals surface area (Å²) < 4.78 is 5.89. The maximum atomic E-state index is 5.89. The Balaban J connectivity index is 1.60. The number of furan rings is 1. The summed E-state index contributed by atoms with van der Waals surface area (Å²) in [5.41, 5.74) is 0. The van der Waals surface area contributed by atoms with Crippen LogP contribution in [0.25, 0.3) is 0 Å². The Hall–Kier alpha value is -0.800. The maximum absolute atomic E-state index is 5.89. The lowest BCUT2D eigenvalue weighted by Crippen LogP contribution is -2.34. The predicted molar refractivity (Wildman–Crippen MR) is 76.9 cm³/mol. The van der Waals surface area contributed by atoms with Crippen molar-refractivity contribution in [3.05, 3.63) is 23.7 Å². The minimum absolute atomic E-state index is 0.820. The van der Waals surface area contributed by atoms with Gasteiger partial charge in [-0.05, 0) is 57.3 Å². The summed E-state index contributed by atoms with van der Waals surface area (Å²) in [6.45, 7) is 3.08. The van der Waals surface area contributed by atoms with Gasteiger partial charge < -0.3 is 9.73 Å². The van der Waals surface area contributed by atoms with Gasteiger partial charge in [0, 0.05) is 6.04 Å². The lowest BCUT2D eigenvalue weighted by Gasteiger charge is -2.28. The molecule has 1 saturated carbocycles. The molecule has 1 aromatic heterocycles. The van der Waals surface area contributed by atoms with Crippen LogP contribution < -0.4 is 5.32 Å². The molecule has 3 heteroatoms. The summed E-state index contributed by atoms with van der Waals surface area (Å²) >= 11 is 0. The molecule has 0 spiro atoms. The fourth-order valence-corrected chi connectivity index (χ4v) is 3.90. The van der Waals surface area contributed by atoms with E-state index >= 15 is 0 Å². The number of hydrogen-bond acceptors (Lipinski definition) is 3. The zero-order chi connectivity index (χ0) is 13.1. The van der Waals surface area contributed by atoms with Gasteiger partial charge in [-0.3, -0.25) is 4.90 Å². The van der Waals surface area contributed by atoms with E-state index in [0.717, 1.165) is 36.6 Å². The Labute approximate surface area is 116 Å². The Morgan fingerprint density at radius 3 is 2.74 bits per heavy atom. The second-order valence-electron chi connectivity index (χ2n) is 6.12. The molecule has 1 saturated heterocycles. The van der Waals surface area contributed by atoms with Crippen molar-refractivity contribution in [2.75, 3.05) is 13.6 Å². The third-order valence-corrected chi connectivity index (χ3v) is 4.79. The number of hydrogen-bond donors (Lipinski definition) is 1. The van der Waals surface area contributed by atoms with Crippen molar-refractivity contribution in [3.63, 3.8) is 0 Å². The number of nitrogens with one attached hydrogen (secondary N) is 1. The van der Waals surface area contributed by atoms with Crippen LogP contribution in [-0.4, -0.2) is 24.5 Å². The van der Waals surface area contributed by atoms with E-state index in [1.165, 1.54) is 45.1 Å². The molecule has 0 bridgehead atoms. The molecule has 3 rings (SSSR count). The monoisotopic (exact) mass is 262 g/mol. The molecular formula is C16H26N2O. The first kappa shape index (κ1) is 13.2. The molecule has 2 aliphatic rings. The van der Waals surface area contributed by atoms with Gasteiger partial charge in [0.1, 0.15) is 11.5 Å². The van der Waals surface area contributed by atoms with Gasteiger partial charge in [0.2, 0.25) is 0 Å². The number of likely N-dealkylation sites (tertiary alicyclic amines) is 1. The molecule has 19 heavy (non-hydrogen) atoms. The molecule has 2 heterocycles. The van der Waals surface area contributed by atoms with Crippen LogP contribution in [0, 0.1) is 5.92 Å². The summed E-state index contributed by atoms with van der Waals surface area (Å²) in [6, 6.07) is 5.07. The molecule has 3 nitrogen and oxygen atoms in total. The lowest BCUT2D eigenvalue weighted by molar-refractivity contribution is 0.170. The van der Waals surface area contributed by atoms with E-state index < -0.39 is 0 Å². The largest absolute Gasteiger partial charge is 0.463 e. The maximum Gasteiger partial charge on any atom is 0.118 e. The molecule has 1 N–H and O–H groups in total. The van der Waals surface area contributed by atoms with Crippen molar-refractivity contribution in [1.82, 2.24) is 10.2 Å². The molecule has 0 radical (unpaired) electrons. The van der Waals surface area contributed by atoms with Crippen LogP contribution in [-0.2, 0) is 13.1 Å². The highest BCUT2D eigenvalue weighted by atomic mass is 16.3. The van der Waals surface area contributed by atoms with Gasteiger partial charge in [-0.2, -0.15) is 0 Å². The normalized spacial score (nSPS) is 25.4. The molecular weight excluding hydrogens is 236 g/mol. The van der Waals surface area contributed by atoms with Gasteiger partial charge in [0.25, 0.3) is 0 Å².